The standard InChI is InChI=1S/C16H18BrN5O/c1-21-7-10-6-11(12(8-23-3)18-15(10)20-21)16-19-14(17)13(22(16)2)9-4-5-9/h6-7,9H,4-5,8H2,1-3H3. The molecule has 0 spiro atoms. The summed E-state index contributed by atoms with van der Waals surface area (Å²) in [6, 6.07) is 2.11. The summed E-state index contributed by atoms with van der Waals surface area (Å²) in [5.74, 6) is 1.54. The van der Waals surface area contributed by atoms with E-state index in [9.17, 15) is 0 Å². The van der Waals surface area contributed by atoms with Crippen molar-refractivity contribution in [2.75, 3.05) is 7.11 Å². The number of hydrogen-bond acceptors (Lipinski definition) is 4. The fourth-order valence-electron chi connectivity index (χ4n) is 3.07. The molecule has 3 aromatic rings. The molecule has 0 aromatic carbocycles. The van der Waals surface area contributed by atoms with Crippen molar-refractivity contribution in [3.8, 4) is 11.4 Å². The second-order valence-electron chi connectivity index (χ2n) is 6.08. The van der Waals surface area contributed by atoms with Crippen LogP contribution in [0.4, 0.5) is 0 Å². The Morgan fingerprint density at radius 3 is 2.78 bits per heavy atom. The van der Waals surface area contributed by atoms with Crippen LogP contribution < -0.4 is 0 Å². The first-order chi connectivity index (χ1) is 11.1. The Kier molecular flexibility index (Phi) is 3.50. The molecule has 0 radical (unpaired) electrons. The molecule has 23 heavy (non-hydrogen) atoms. The van der Waals surface area contributed by atoms with E-state index in [4.69, 9.17) is 9.72 Å². The first-order valence-corrected chi connectivity index (χ1v) is 8.42. The summed E-state index contributed by atoms with van der Waals surface area (Å²) in [4.78, 5) is 9.43. The molecular weight excluding hydrogens is 358 g/mol. The van der Waals surface area contributed by atoms with E-state index in [1.165, 1.54) is 18.5 Å². The van der Waals surface area contributed by atoms with Gasteiger partial charge in [0.2, 0.25) is 0 Å². The van der Waals surface area contributed by atoms with E-state index in [1.54, 1.807) is 11.8 Å². The number of halogens is 1. The van der Waals surface area contributed by atoms with Crippen molar-refractivity contribution in [2.24, 2.45) is 14.1 Å². The van der Waals surface area contributed by atoms with Crippen LogP contribution in [0.25, 0.3) is 22.4 Å². The Balaban J connectivity index is 1.93. The average Bonchev–Trinajstić information content (AvgIpc) is 3.19. The highest BCUT2D eigenvalue weighted by atomic mass is 79.9. The van der Waals surface area contributed by atoms with E-state index in [-0.39, 0.29) is 0 Å². The van der Waals surface area contributed by atoms with Gasteiger partial charge in [-0.05, 0) is 34.8 Å². The Morgan fingerprint density at radius 1 is 1.30 bits per heavy atom. The summed E-state index contributed by atoms with van der Waals surface area (Å²) in [5.41, 5.74) is 3.87. The molecule has 0 saturated heterocycles. The van der Waals surface area contributed by atoms with Crippen molar-refractivity contribution >= 4 is 27.0 Å². The summed E-state index contributed by atoms with van der Waals surface area (Å²) in [7, 11) is 5.66. The number of imidazole rings is 1. The fraction of sp³-hybridized carbons (Fsp3) is 0.438. The highest BCUT2D eigenvalue weighted by Crippen LogP contribution is 2.44. The van der Waals surface area contributed by atoms with Crippen LogP contribution in [-0.4, -0.2) is 31.4 Å². The van der Waals surface area contributed by atoms with E-state index >= 15 is 0 Å². The van der Waals surface area contributed by atoms with Crippen LogP contribution in [0.3, 0.4) is 0 Å². The summed E-state index contributed by atoms with van der Waals surface area (Å²) < 4.78 is 10.2. The number of hydrogen-bond donors (Lipinski definition) is 0. The lowest BCUT2D eigenvalue weighted by Gasteiger charge is -2.09. The lowest BCUT2D eigenvalue weighted by Crippen LogP contribution is -2.03. The molecule has 0 unspecified atom stereocenters. The highest BCUT2D eigenvalue weighted by molar-refractivity contribution is 9.10. The quantitative estimate of drug-likeness (QED) is 0.702. The van der Waals surface area contributed by atoms with E-state index in [1.807, 2.05) is 13.2 Å². The Hall–Kier alpha value is -1.73. The van der Waals surface area contributed by atoms with Gasteiger partial charge in [0.15, 0.2) is 5.65 Å². The predicted molar refractivity (Wildman–Crippen MR) is 91.1 cm³/mol. The van der Waals surface area contributed by atoms with Crippen molar-refractivity contribution in [3.05, 3.63) is 28.3 Å². The molecule has 0 bridgehead atoms. The number of aryl methyl sites for hydroxylation is 1. The molecule has 120 valence electrons. The molecule has 1 aliphatic rings. The number of rotatable bonds is 4. The minimum absolute atomic E-state index is 0.436. The maximum Gasteiger partial charge on any atom is 0.181 e. The molecule has 3 heterocycles. The van der Waals surface area contributed by atoms with Crippen molar-refractivity contribution in [1.82, 2.24) is 24.3 Å². The summed E-state index contributed by atoms with van der Waals surface area (Å²) >= 11 is 3.62. The predicted octanol–water partition coefficient (Wildman–Crippen LogP) is 3.16. The first-order valence-electron chi connectivity index (χ1n) is 7.63. The van der Waals surface area contributed by atoms with Crippen LogP contribution in [-0.2, 0) is 25.4 Å². The van der Waals surface area contributed by atoms with Gasteiger partial charge in [0.05, 0.1) is 18.0 Å². The monoisotopic (exact) mass is 375 g/mol. The zero-order valence-corrected chi connectivity index (χ0v) is 15.0. The van der Waals surface area contributed by atoms with Gasteiger partial charge < -0.3 is 9.30 Å². The summed E-state index contributed by atoms with van der Waals surface area (Å²) in [5, 5.41) is 5.40. The number of ether oxygens (including phenoxy) is 1. The second kappa shape index (κ2) is 5.42. The highest BCUT2D eigenvalue weighted by Gasteiger charge is 2.31. The van der Waals surface area contributed by atoms with Gasteiger partial charge >= 0.3 is 0 Å². The Bertz CT molecular complexity index is 894. The zero-order chi connectivity index (χ0) is 16.1. The maximum atomic E-state index is 5.34. The smallest absolute Gasteiger partial charge is 0.181 e. The molecule has 1 saturated carbocycles. The second-order valence-corrected chi connectivity index (χ2v) is 6.83. The van der Waals surface area contributed by atoms with E-state index < -0.39 is 0 Å². The lowest BCUT2D eigenvalue weighted by atomic mass is 10.1. The van der Waals surface area contributed by atoms with Gasteiger partial charge in [0.25, 0.3) is 0 Å². The van der Waals surface area contributed by atoms with Gasteiger partial charge in [-0.25, -0.2) is 9.97 Å². The third-order valence-electron chi connectivity index (χ3n) is 4.27. The van der Waals surface area contributed by atoms with Crippen LogP contribution in [0.1, 0.15) is 30.1 Å². The minimum Gasteiger partial charge on any atom is -0.378 e. The SMILES string of the molecule is COCc1nc2nn(C)cc2cc1-c1nc(Br)c(C2CC2)n1C. The Morgan fingerprint density at radius 2 is 2.09 bits per heavy atom. The van der Waals surface area contributed by atoms with Crippen LogP contribution >= 0.6 is 15.9 Å². The molecular formula is C16H18BrN5O. The third-order valence-corrected chi connectivity index (χ3v) is 4.85. The van der Waals surface area contributed by atoms with Gasteiger partial charge in [-0.2, -0.15) is 5.10 Å². The van der Waals surface area contributed by atoms with Crippen molar-refractivity contribution in [3.63, 3.8) is 0 Å². The largest absolute Gasteiger partial charge is 0.378 e. The number of nitrogens with zero attached hydrogens (tertiary/aromatic N) is 5. The van der Waals surface area contributed by atoms with Gasteiger partial charge in [0, 0.05) is 44.3 Å². The third kappa shape index (κ3) is 2.48. The molecule has 1 aliphatic carbocycles. The number of methoxy groups -OCH3 is 1. The molecule has 3 aromatic heterocycles. The molecule has 0 aliphatic heterocycles. The van der Waals surface area contributed by atoms with Crippen LogP contribution in [0.2, 0.25) is 0 Å². The fourth-order valence-corrected chi connectivity index (χ4v) is 3.83. The van der Waals surface area contributed by atoms with Crippen molar-refractivity contribution in [2.45, 2.75) is 25.4 Å². The maximum absolute atomic E-state index is 5.34. The number of aromatic nitrogens is 5. The van der Waals surface area contributed by atoms with Crippen LogP contribution in [0.5, 0.6) is 0 Å². The first kappa shape index (κ1) is 14.8. The number of pyridine rings is 1. The van der Waals surface area contributed by atoms with Crippen molar-refractivity contribution < 1.29 is 4.74 Å². The molecule has 4 rings (SSSR count). The van der Waals surface area contributed by atoms with E-state index in [0.29, 0.717) is 12.5 Å². The van der Waals surface area contributed by atoms with E-state index in [0.717, 1.165) is 32.7 Å². The number of fused-ring (bicyclic) bond motifs is 1. The van der Waals surface area contributed by atoms with Crippen molar-refractivity contribution in [1.29, 1.82) is 0 Å². The van der Waals surface area contributed by atoms with Crippen LogP contribution in [0, 0.1) is 0 Å². The topological polar surface area (TPSA) is 57.8 Å². The molecule has 1 fully saturated rings. The molecule has 0 N–H and O–H groups in total. The van der Waals surface area contributed by atoms with E-state index in [2.05, 4.69) is 43.7 Å². The van der Waals surface area contributed by atoms with Gasteiger partial charge in [0.1, 0.15) is 10.4 Å². The molecule has 0 atom stereocenters. The van der Waals surface area contributed by atoms with Gasteiger partial charge in [-0.15, -0.1) is 0 Å². The summed E-state index contributed by atoms with van der Waals surface area (Å²) in [6.45, 7) is 0.436. The minimum atomic E-state index is 0.436. The molecule has 0 amide bonds. The van der Waals surface area contributed by atoms with Crippen LogP contribution in [0.15, 0.2) is 16.9 Å². The normalized spacial score (nSPS) is 14.8. The molecule has 6 nitrogen and oxygen atoms in total. The molecule has 7 heteroatoms. The average molecular weight is 376 g/mol. The lowest BCUT2D eigenvalue weighted by molar-refractivity contribution is 0.182. The zero-order valence-electron chi connectivity index (χ0n) is 13.4. The van der Waals surface area contributed by atoms with Gasteiger partial charge in [-0.3, -0.25) is 4.68 Å². The summed E-state index contributed by atoms with van der Waals surface area (Å²) in [6.07, 6.45) is 4.45. The Labute approximate surface area is 142 Å². The van der Waals surface area contributed by atoms with Gasteiger partial charge in [-0.1, -0.05) is 0 Å².